The van der Waals surface area contributed by atoms with E-state index in [2.05, 4.69) is 20.8 Å². The molecule has 2 aliphatic rings. The van der Waals surface area contributed by atoms with Gasteiger partial charge in [0, 0.05) is 6.54 Å². The van der Waals surface area contributed by atoms with Gasteiger partial charge in [-0.25, -0.2) is 9.45 Å². The average molecular weight is 461 g/mol. The molecular formula is C19H27ClF2N6O3. The molecule has 0 unspecified atom stereocenters. The number of aromatic nitrogens is 2. The largest absolute Gasteiger partial charge is 0.348 e. The Hall–Kier alpha value is -2.27. The van der Waals surface area contributed by atoms with Crippen LogP contribution in [0.1, 0.15) is 44.9 Å². The first-order chi connectivity index (χ1) is 14.9. The van der Waals surface area contributed by atoms with Gasteiger partial charge in [0.05, 0.1) is 18.5 Å². The van der Waals surface area contributed by atoms with Crippen LogP contribution in [-0.4, -0.2) is 58.4 Å². The molecule has 1 aromatic rings. The molecule has 0 radical (unpaired) electrons. The summed E-state index contributed by atoms with van der Waals surface area (Å²) in [7, 11) is 0. The number of hydrogen-bond donors (Lipinski definition) is 3. The molecule has 0 spiro atoms. The Morgan fingerprint density at radius 3 is 2.74 bits per heavy atom. The Morgan fingerprint density at radius 2 is 2.06 bits per heavy atom. The standard InChI is InChI=1S/C19H27ClF2N6O3/c20-19-23-16(15(22)17(24-19)28-7-3-6-14(28)9-21)25-26-18(30)13(10-27(31)11-29)8-12-4-1-2-5-12/h11-14,31H,1-10H2,(H,26,30)(H,23,24,25)/t13-,14-/m1/s1. The summed E-state index contributed by atoms with van der Waals surface area (Å²) < 4.78 is 28.2. The normalized spacial score (nSPS) is 20.0. The first-order valence-corrected chi connectivity index (χ1v) is 10.8. The van der Waals surface area contributed by atoms with Crippen molar-refractivity contribution in [1.82, 2.24) is 20.5 Å². The van der Waals surface area contributed by atoms with E-state index in [1.54, 1.807) is 0 Å². The number of halogens is 3. The number of hydroxylamine groups is 2. The summed E-state index contributed by atoms with van der Waals surface area (Å²) in [4.78, 5) is 32.7. The molecule has 2 fully saturated rings. The van der Waals surface area contributed by atoms with Crippen molar-refractivity contribution in [2.45, 2.75) is 51.0 Å². The summed E-state index contributed by atoms with van der Waals surface area (Å²) in [6, 6.07) is -0.488. The monoisotopic (exact) mass is 460 g/mol. The molecule has 172 valence electrons. The van der Waals surface area contributed by atoms with E-state index in [4.69, 9.17) is 11.6 Å². The molecule has 1 saturated heterocycles. The van der Waals surface area contributed by atoms with Gasteiger partial charge in [-0.2, -0.15) is 14.4 Å². The number of alkyl halides is 1. The number of nitrogens with zero attached hydrogens (tertiary/aromatic N) is 4. The van der Waals surface area contributed by atoms with E-state index in [1.807, 2.05) is 0 Å². The van der Waals surface area contributed by atoms with E-state index in [-0.39, 0.29) is 29.9 Å². The minimum absolute atomic E-state index is 0.123. The Morgan fingerprint density at radius 1 is 1.32 bits per heavy atom. The quantitative estimate of drug-likeness (QED) is 0.213. The van der Waals surface area contributed by atoms with E-state index in [0.717, 1.165) is 25.7 Å². The molecule has 9 nitrogen and oxygen atoms in total. The fraction of sp³-hybridized carbons (Fsp3) is 0.684. The number of anilines is 2. The number of amides is 2. The zero-order valence-corrected chi connectivity index (χ0v) is 17.8. The second kappa shape index (κ2) is 10.9. The summed E-state index contributed by atoms with van der Waals surface area (Å²) in [5, 5.41) is 9.73. The van der Waals surface area contributed by atoms with Crippen molar-refractivity contribution < 1.29 is 23.6 Å². The van der Waals surface area contributed by atoms with Crippen LogP contribution in [0.25, 0.3) is 0 Å². The van der Waals surface area contributed by atoms with Crippen LogP contribution in [0.3, 0.4) is 0 Å². The van der Waals surface area contributed by atoms with Crippen molar-refractivity contribution in [1.29, 1.82) is 0 Å². The zero-order valence-electron chi connectivity index (χ0n) is 17.1. The van der Waals surface area contributed by atoms with Gasteiger partial charge in [0.15, 0.2) is 11.6 Å². The third-order valence-electron chi connectivity index (χ3n) is 5.93. The Balaban J connectivity index is 1.70. The third-order valence-corrected chi connectivity index (χ3v) is 6.10. The number of hydrogen-bond acceptors (Lipinski definition) is 7. The van der Waals surface area contributed by atoms with Gasteiger partial charge in [-0.3, -0.25) is 25.6 Å². The van der Waals surface area contributed by atoms with E-state index < -0.39 is 30.4 Å². The van der Waals surface area contributed by atoms with Crippen LogP contribution in [0.2, 0.25) is 5.28 Å². The highest BCUT2D eigenvalue weighted by Gasteiger charge is 2.31. The van der Waals surface area contributed by atoms with Crippen LogP contribution in [0.15, 0.2) is 0 Å². The molecule has 31 heavy (non-hydrogen) atoms. The highest BCUT2D eigenvalue weighted by molar-refractivity contribution is 6.28. The van der Waals surface area contributed by atoms with Gasteiger partial charge in [-0.05, 0) is 36.8 Å². The lowest BCUT2D eigenvalue weighted by atomic mass is 9.92. The van der Waals surface area contributed by atoms with Crippen LogP contribution >= 0.6 is 11.6 Å². The Bertz CT molecular complexity index is 783. The average Bonchev–Trinajstić information content (AvgIpc) is 3.44. The SMILES string of the molecule is O=CN(O)C[C@@H](CC1CCCC1)C(=O)NNc1nc(Cl)nc(N2CCC[C@@H]2CF)c1F. The first kappa shape index (κ1) is 23.4. The molecule has 2 amide bonds. The smallest absolute Gasteiger partial charge is 0.243 e. The fourth-order valence-electron chi connectivity index (χ4n) is 4.36. The third kappa shape index (κ3) is 5.91. The molecule has 2 heterocycles. The van der Waals surface area contributed by atoms with Gasteiger partial charge >= 0.3 is 0 Å². The molecule has 0 bridgehead atoms. The molecule has 1 aliphatic carbocycles. The van der Waals surface area contributed by atoms with Crippen molar-refractivity contribution in [3.05, 3.63) is 11.1 Å². The minimum atomic E-state index is -0.853. The summed E-state index contributed by atoms with van der Waals surface area (Å²) in [5.41, 5.74) is 4.82. The van der Waals surface area contributed by atoms with E-state index >= 15 is 4.39 Å². The maximum Gasteiger partial charge on any atom is 0.243 e. The van der Waals surface area contributed by atoms with Crippen LogP contribution in [0.4, 0.5) is 20.4 Å². The molecule has 3 N–H and O–H groups in total. The van der Waals surface area contributed by atoms with Gasteiger partial charge in [0.2, 0.25) is 23.4 Å². The number of carbonyl (C=O) groups is 2. The van der Waals surface area contributed by atoms with Gasteiger partial charge in [0.25, 0.3) is 0 Å². The summed E-state index contributed by atoms with van der Waals surface area (Å²) in [5.74, 6) is -2.22. The van der Waals surface area contributed by atoms with Crippen LogP contribution in [0.5, 0.6) is 0 Å². The second-order valence-electron chi connectivity index (χ2n) is 8.05. The topological polar surface area (TPSA) is 111 Å². The molecule has 0 aromatic carbocycles. The molecule has 12 heteroatoms. The fourth-order valence-corrected chi connectivity index (χ4v) is 4.53. The molecule has 1 aromatic heterocycles. The van der Waals surface area contributed by atoms with E-state index in [1.165, 1.54) is 4.90 Å². The van der Waals surface area contributed by atoms with Crippen molar-refractivity contribution in [3.63, 3.8) is 0 Å². The number of hydrazine groups is 1. The van der Waals surface area contributed by atoms with E-state index in [9.17, 15) is 19.2 Å². The van der Waals surface area contributed by atoms with Crippen molar-refractivity contribution >= 4 is 35.6 Å². The highest BCUT2D eigenvalue weighted by atomic mass is 35.5. The lowest BCUT2D eigenvalue weighted by Gasteiger charge is -2.25. The van der Waals surface area contributed by atoms with Crippen molar-refractivity contribution in [2.24, 2.45) is 11.8 Å². The number of rotatable bonds is 10. The van der Waals surface area contributed by atoms with Crippen molar-refractivity contribution in [3.8, 4) is 0 Å². The predicted molar refractivity (Wildman–Crippen MR) is 110 cm³/mol. The van der Waals surface area contributed by atoms with Gasteiger partial charge < -0.3 is 4.90 Å². The van der Waals surface area contributed by atoms with Gasteiger partial charge in [-0.15, -0.1) is 0 Å². The maximum absolute atomic E-state index is 15.0. The Labute approximate surface area is 184 Å². The molecule has 1 aliphatic heterocycles. The van der Waals surface area contributed by atoms with Crippen LogP contribution < -0.4 is 15.8 Å². The molecule has 2 atom stereocenters. The first-order valence-electron chi connectivity index (χ1n) is 10.4. The minimum Gasteiger partial charge on any atom is -0.348 e. The summed E-state index contributed by atoms with van der Waals surface area (Å²) in [6.45, 7) is -0.387. The number of carbonyl (C=O) groups excluding carboxylic acids is 2. The molecule has 1 saturated carbocycles. The molecule has 3 rings (SSSR count). The highest BCUT2D eigenvalue weighted by Crippen LogP contribution is 2.32. The van der Waals surface area contributed by atoms with Crippen LogP contribution in [0, 0.1) is 17.7 Å². The van der Waals surface area contributed by atoms with E-state index in [0.29, 0.717) is 36.8 Å². The number of nitrogens with one attached hydrogen (secondary N) is 2. The summed E-state index contributed by atoms with van der Waals surface area (Å²) >= 11 is 5.93. The second-order valence-corrected chi connectivity index (χ2v) is 8.39. The Kier molecular flexibility index (Phi) is 8.19. The van der Waals surface area contributed by atoms with Gasteiger partial charge in [-0.1, -0.05) is 25.7 Å². The van der Waals surface area contributed by atoms with Crippen molar-refractivity contribution in [2.75, 3.05) is 30.1 Å². The summed E-state index contributed by atoms with van der Waals surface area (Å²) in [6.07, 6.45) is 6.12. The predicted octanol–water partition coefficient (Wildman–Crippen LogP) is 2.69. The lowest BCUT2D eigenvalue weighted by molar-refractivity contribution is -0.154. The zero-order chi connectivity index (χ0) is 22.4. The lowest BCUT2D eigenvalue weighted by Crippen LogP contribution is -2.41. The maximum atomic E-state index is 15.0. The van der Waals surface area contributed by atoms with Gasteiger partial charge in [0.1, 0.15) is 6.67 Å². The van der Waals surface area contributed by atoms with Crippen LogP contribution in [-0.2, 0) is 9.59 Å². The molecular weight excluding hydrogens is 434 g/mol.